The lowest BCUT2D eigenvalue weighted by molar-refractivity contribution is 0.403. The van der Waals surface area contributed by atoms with Crippen LogP contribution in [0.2, 0.25) is 0 Å². The summed E-state index contributed by atoms with van der Waals surface area (Å²) in [5.74, 6) is 0.751. The number of methoxy groups -OCH3 is 1. The van der Waals surface area contributed by atoms with Crippen molar-refractivity contribution in [2.45, 2.75) is 4.90 Å². The molecule has 1 heterocycles. The Bertz CT molecular complexity index is 908. The van der Waals surface area contributed by atoms with Gasteiger partial charge in [-0.25, -0.2) is 8.42 Å². The lowest BCUT2D eigenvalue weighted by atomic mass is 10.2. The Labute approximate surface area is 138 Å². The highest BCUT2D eigenvalue weighted by atomic mass is 32.2. The molecule has 0 aliphatic heterocycles. The first-order valence-corrected chi connectivity index (χ1v) is 8.91. The average molecular weight is 347 g/mol. The predicted octanol–water partition coefficient (Wildman–Crippen LogP) is 3.01. The quantitative estimate of drug-likeness (QED) is 0.767. The van der Waals surface area contributed by atoms with Gasteiger partial charge in [-0.1, -0.05) is 42.5 Å². The van der Waals surface area contributed by atoms with Gasteiger partial charge in [0, 0.05) is 17.1 Å². The summed E-state index contributed by atoms with van der Waals surface area (Å²) < 4.78 is 36.7. The van der Waals surface area contributed by atoms with E-state index in [1.807, 2.05) is 30.3 Å². The molecule has 1 N–H and O–H groups in total. The maximum atomic E-state index is 12.5. The van der Waals surface area contributed by atoms with Gasteiger partial charge >= 0.3 is 0 Å². The predicted molar refractivity (Wildman–Crippen MR) is 89.1 cm³/mol. The first-order chi connectivity index (χ1) is 11.1. The van der Waals surface area contributed by atoms with Gasteiger partial charge in [-0.15, -0.1) is 0 Å². The third-order valence-electron chi connectivity index (χ3n) is 3.04. The Balaban J connectivity index is 1.89. The van der Waals surface area contributed by atoms with Gasteiger partial charge in [0.1, 0.15) is 10.6 Å². The van der Waals surface area contributed by atoms with Crippen molar-refractivity contribution in [3.8, 4) is 17.1 Å². The molecular weight excluding hydrogens is 334 g/mol. The number of hydrogen-bond acceptors (Lipinski definition) is 6. The van der Waals surface area contributed by atoms with Crippen LogP contribution in [0.3, 0.4) is 0 Å². The van der Waals surface area contributed by atoms with Crippen LogP contribution in [0, 0.1) is 0 Å². The van der Waals surface area contributed by atoms with Crippen molar-refractivity contribution >= 4 is 26.7 Å². The normalized spacial score (nSPS) is 11.2. The number of benzene rings is 2. The molecule has 0 bridgehead atoms. The summed E-state index contributed by atoms with van der Waals surface area (Å²) >= 11 is 0.987. The third kappa shape index (κ3) is 3.33. The second-order valence-corrected chi connectivity index (χ2v) is 6.95. The van der Waals surface area contributed by atoms with E-state index >= 15 is 0 Å². The minimum Gasteiger partial charge on any atom is -0.495 e. The molecule has 0 unspecified atom stereocenters. The molecule has 0 spiro atoms. The van der Waals surface area contributed by atoms with E-state index in [4.69, 9.17) is 4.74 Å². The fourth-order valence-electron chi connectivity index (χ4n) is 1.98. The fraction of sp³-hybridized carbons (Fsp3) is 0.0667. The molecule has 3 rings (SSSR count). The van der Waals surface area contributed by atoms with Crippen LogP contribution in [-0.2, 0) is 10.0 Å². The van der Waals surface area contributed by atoms with E-state index in [0.717, 1.165) is 17.1 Å². The SMILES string of the molecule is COc1ccccc1S(=O)(=O)Nc1nc(-c2ccccc2)ns1. The molecule has 0 fully saturated rings. The van der Waals surface area contributed by atoms with Crippen LogP contribution in [0.25, 0.3) is 11.4 Å². The van der Waals surface area contributed by atoms with Crippen molar-refractivity contribution in [3.63, 3.8) is 0 Å². The Morgan fingerprint density at radius 3 is 2.48 bits per heavy atom. The number of nitrogens with one attached hydrogen (secondary N) is 1. The molecule has 0 amide bonds. The van der Waals surface area contributed by atoms with E-state index in [9.17, 15) is 8.42 Å². The summed E-state index contributed by atoms with van der Waals surface area (Å²) in [7, 11) is -2.37. The van der Waals surface area contributed by atoms with Crippen molar-refractivity contribution in [2.24, 2.45) is 0 Å². The molecule has 1 aromatic heterocycles. The molecule has 0 atom stereocenters. The summed E-state index contributed by atoms with van der Waals surface area (Å²) in [5.41, 5.74) is 0.825. The van der Waals surface area contributed by atoms with Crippen LogP contribution < -0.4 is 9.46 Å². The molecule has 0 saturated carbocycles. The molecule has 8 heteroatoms. The molecule has 2 aromatic carbocycles. The summed E-state index contributed by atoms with van der Waals surface area (Å²) in [6, 6.07) is 15.7. The second-order valence-electron chi connectivity index (χ2n) is 4.55. The largest absolute Gasteiger partial charge is 0.495 e. The number of aromatic nitrogens is 2. The minimum atomic E-state index is -3.79. The number of hydrogen-bond donors (Lipinski definition) is 1. The molecule has 118 valence electrons. The van der Waals surface area contributed by atoms with E-state index < -0.39 is 10.0 Å². The summed E-state index contributed by atoms with van der Waals surface area (Å²) in [6.45, 7) is 0. The molecular formula is C15H13N3O3S2. The number of anilines is 1. The third-order valence-corrected chi connectivity index (χ3v) is 5.18. The van der Waals surface area contributed by atoms with Gasteiger partial charge < -0.3 is 4.74 Å². The molecule has 0 aliphatic carbocycles. The molecule has 6 nitrogen and oxygen atoms in total. The second kappa shape index (κ2) is 6.35. The van der Waals surface area contributed by atoms with Crippen LogP contribution in [0.1, 0.15) is 0 Å². The Kier molecular flexibility index (Phi) is 4.26. The zero-order valence-corrected chi connectivity index (χ0v) is 13.8. The highest BCUT2D eigenvalue weighted by Gasteiger charge is 2.21. The maximum Gasteiger partial charge on any atom is 0.267 e. The molecule has 23 heavy (non-hydrogen) atoms. The van der Waals surface area contributed by atoms with Crippen molar-refractivity contribution in [1.82, 2.24) is 9.36 Å². The van der Waals surface area contributed by atoms with Gasteiger partial charge in [0.2, 0.25) is 5.13 Å². The van der Waals surface area contributed by atoms with E-state index in [2.05, 4.69) is 14.1 Å². The van der Waals surface area contributed by atoms with Gasteiger partial charge in [-0.3, -0.25) is 4.72 Å². The number of sulfonamides is 1. The van der Waals surface area contributed by atoms with Crippen LogP contribution in [0.5, 0.6) is 5.75 Å². The Hall–Kier alpha value is -2.45. The molecule has 0 saturated heterocycles. The lowest BCUT2D eigenvalue weighted by Crippen LogP contribution is -2.13. The Morgan fingerprint density at radius 1 is 1.04 bits per heavy atom. The average Bonchev–Trinajstić information content (AvgIpc) is 3.03. The maximum absolute atomic E-state index is 12.5. The van der Waals surface area contributed by atoms with Crippen molar-refractivity contribution in [1.29, 1.82) is 0 Å². The van der Waals surface area contributed by atoms with E-state index in [-0.39, 0.29) is 15.8 Å². The highest BCUT2D eigenvalue weighted by molar-refractivity contribution is 7.93. The lowest BCUT2D eigenvalue weighted by Gasteiger charge is -2.08. The van der Waals surface area contributed by atoms with Gasteiger partial charge in [0.25, 0.3) is 10.0 Å². The first-order valence-electron chi connectivity index (χ1n) is 6.65. The standard InChI is InChI=1S/C15H13N3O3S2/c1-21-12-9-5-6-10-13(12)23(19,20)18-15-16-14(17-22-15)11-7-3-2-4-8-11/h2-10H,1H3,(H,16,17,18). The van der Waals surface area contributed by atoms with Crippen LogP contribution in [0.4, 0.5) is 5.13 Å². The van der Waals surface area contributed by atoms with Crippen molar-refractivity contribution < 1.29 is 13.2 Å². The van der Waals surface area contributed by atoms with Crippen molar-refractivity contribution in [2.75, 3.05) is 11.8 Å². The number of rotatable bonds is 5. The Morgan fingerprint density at radius 2 is 1.74 bits per heavy atom. The zero-order chi connectivity index (χ0) is 16.3. The molecule has 0 radical (unpaired) electrons. The van der Waals surface area contributed by atoms with Gasteiger partial charge in [0.15, 0.2) is 5.82 Å². The van der Waals surface area contributed by atoms with Crippen molar-refractivity contribution in [3.05, 3.63) is 54.6 Å². The van der Waals surface area contributed by atoms with Gasteiger partial charge in [-0.2, -0.15) is 9.36 Å². The van der Waals surface area contributed by atoms with Gasteiger partial charge in [-0.05, 0) is 12.1 Å². The molecule has 3 aromatic rings. The number of ether oxygens (including phenoxy) is 1. The number of nitrogens with zero attached hydrogens (tertiary/aromatic N) is 2. The summed E-state index contributed by atoms with van der Waals surface area (Å²) in [4.78, 5) is 4.28. The highest BCUT2D eigenvalue weighted by Crippen LogP contribution is 2.27. The van der Waals surface area contributed by atoms with E-state index in [1.165, 1.54) is 13.2 Å². The van der Waals surface area contributed by atoms with Crippen LogP contribution in [-0.4, -0.2) is 24.9 Å². The first kappa shape index (κ1) is 15.4. The van der Waals surface area contributed by atoms with Crippen LogP contribution >= 0.6 is 11.5 Å². The monoisotopic (exact) mass is 347 g/mol. The molecule has 0 aliphatic rings. The summed E-state index contributed by atoms with van der Waals surface area (Å²) in [6.07, 6.45) is 0. The van der Waals surface area contributed by atoms with E-state index in [1.54, 1.807) is 18.2 Å². The number of para-hydroxylation sites is 1. The minimum absolute atomic E-state index is 0.0546. The fourth-order valence-corrected chi connectivity index (χ4v) is 3.96. The van der Waals surface area contributed by atoms with Crippen LogP contribution in [0.15, 0.2) is 59.5 Å². The topological polar surface area (TPSA) is 81.2 Å². The zero-order valence-electron chi connectivity index (χ0n) is 12.1. The van der Waals surface area contributed by atoms with E-state index in [0.29, 0.717) is 5.82 Å². The smallest absolute Gasteiger partial charge is 0.267 e. The van der Waals surface area contributed by atoms with Gasteiger partial charge in [0.05, 0.1) is 7.11 Å². The summed E-state index contributed by atoms with van der Waals surface area (Å²) in [5, 5.41) is 0.203.